The number of halogens is 1. The lowest BCUT2D eigenvalue weighted by molar-refractivity contribution is -0.385. The van der Waals surface area contributed by atoms with E-state index >= 15 is 0 Å². The van der Waals surface area contributed by atoms with E-state index in [1.807, 2.05) is 25.1 Å². The van der Waals surface area contributed by atoms with E-state index in [9.17, 15) is 10.1 Å². The van der Waals surface area contributed by atoms with E-state index in [1.165, 1.54) is 6.07 Å². The van der Waals surface area contributed by atoms with Crippen molar-refractivity contribution in [1.29, 1.82) is 0 Å². The third-order valence-electron chi connectivity index (χ3n) is 3.06. The van der Waals surface area contributed by atoms with Crippen molar-refractivity contribution in [3.8, 4) is 11.5 Å². The molecule has 110 valence electrons. The Morgan fingerprint density at radius 2 is 1.86 bits per heavy atom. The minimum absolute atomic E-state index is 0.0740. The highest BCUT2D eigenvalue weighted by Crippen LogP contribution is 2.31. The molecule has 21 heavy (non-hydrogen) atoms. The molecule has 0 saturated heterocycles. The first kappa shape index (κ1) is 15.5. The Balaban J connectivity index is 2.24. The number of nitrogens with zero attached hydrogens (tertiary/aromatic N) is 1. The number of nitro benzene ring substituents is 1. The van der Waals surface area contributed by atoms with Gasteiger partial charge in [-0.2, -0.15) is 0 Å². The van der Waals surface area contributed by atoms with Gasteiger partial charge < -0.3 is 10.5 Å². The fourth-order valence-corrected chi connectivity index (χ4v) is 2.69. The molecule has 1 atom stereocenters. The zero-order valence-electron chi connectivity index (χ0n) is 11.7. The molecule has 0 aliphatic heterocycles. The Bertz CT molecular complexity index is 687. The second kappa shape index (κ2) is 6.24. The predicted molar refractivity (Wildman–Crippen MR) is 84.7 cm³/mol. The van der Waals surface area contributed by atoms with E-state index in [2.05, 4.69) is 15.9 Å². The molecule has 0 spiro atoms. The third kappa shape index (κ3) is 3.59. The van der Waals surface area contributed by atoms with Gasteiger partial charge >= 0.3 is 0 Å². The average Bonchev–Trinajstić information content (AvgIpc) is 2.37. The lowest BCUT2D eigenvalue weighted by Crippen LogP contribution is -2.05. The molecule has 0 heterocycles. The summed E-state index contributed by atoms with van der Waals surface area (Å²) in [7, 11) is 0. The average molecular weight is 351 g/mol. The van der Waals surface area contributed by atoms with Gasteiger partial charge in [-0.3, -0.25) is 10.1 Å². The Morgan fingerprint density at radius 3 is 2.38 bits per heavy atom. The normalized spacial score (nSPS) is 12.0. The smallest absolute Gasteiger partial charge is 0.272 e. The molecular formula is C15H15BrN2O3. The lowest BCUT2D eigenvalue weighted by Gasteiger charge is -2.11. The fraction of sp³-hybridized carbons (Fsp3) is 0.200. The number of nitrogens with two attached hydrogens (primary N) is 1. The van der Waals surface area contributed by atoms with E-state index < -0.39 is 4.92 Å². The summed E-state index contributed by atoms with van der Waals surface area (Å²) >= 11 is 3.46. The lowest BCUT2D eigenvalue weighted by atomic mass is 10.1. The minimum atomic E-state index is -0.410. The number of hydrogen-bond acceptors (Lipinski definition) is 4. The van der Waals surface area contributed by atoms with Crippen LogP contribution in [0.4, 0.5) is 5.69 Å². The zero-order valence-corrected chi connectivity index (χ0v) is 13.3. The Morgan fingerprint density at radius 1 is 1.24 bits per heavy atom. The Hall–Kier alpha value is -1.92. The summed E-state index contributed by atoms with van der Waals surface area (Å²) in [6.07, 6.45) is 0. The highest BCUT2D eigenvalue weighted by Gasteiger charge is 2.12. The van der Waals surface area contributed by atoms with Crippen molar-refractivity contribution in [3.05, 3.63) is 62.1 Å². The SMILES string of the molecule is Cc1cc(Oc2ccc(C(C)N)c(Br)c2)ccc1[N+](=O)[O-]. The van der Waals surface area contributed by atoms with Crippen LogP contribution >= 0.6 is 15.9 Å². The molecule has 0 aliphatic carbocycles. The first-order chi connectivity index (χ1) is 9.88. The summed E-state index contributed by atoms with van der Waals surface area (Å²) in [4.78, 5) is 10.4. The summed E-state index contributed by atoms with van der Waals surface area (Å²) in [6, 6.07) is 10.1. The van der Waals surface area contributed by atoms with Crippen LogP contribution in [0, 0.1) is 17.0 Å². The summed E-state index contributed by atoms with van der Waals surface area (Å²) in [5, 5.41) is 10.8. The number of ether oxygens (including phenoxy) is 1. The van der Waals surface area contributed by atoms with Gasteiger partial charge in [0.15, 0.2) is 0 Å². The molecule has 2 N–H and O–H groups in total. The maximum Gasteiger partial charge on any atom is 0.272 e. The summed E-state index contributed by atoms with van der Waals surface area (Å²) in [5.41, 5.74) is 7.47. The predicted octanol–water partition coefficient (Wildman–Crippen LogP) is 4.48. The van der Waals surface area contributed by atoms with Gasteiger partial charge in [0, 0.05) is 22.1 Å². The largest absolute Gasteiger partial charge is 0.457 e. The Kier molecular flexibility index (Phi) is 4.59. The second-order valence-electron chi connectivity index (χ2n) is 4.78. The monoisotopic (exact) mass is 350 g/mol. The highest BCUT2D eigenvalue weighted by molar-refractivity contribution is 9.10. The second-order valence-corrected chi connectivity index (χ2v) is 5.63. The van der Waals surface area contributed by atoms with Gasteiger partial charge in [0.25, 0.3) is 5.69 Å². The Labute approximate surface area is 131 Å². The van der Waals surface area contributed by atoms with E-state index in [1.54, 1.807) is 19.1 Å². The van der Waals surface area contributed by atoms with Gasteiger partial charge in [0.1, 0.15) is 11.5 Å². The van der Waals surface area contributed by atoms with Crippen LogP contribution in [0.3, 0.4) is 0 Å². The van der Waals surface area contributed by atoms with Crippen LogP contribution in [-0.4, -0.2) is 4.92 Å². The van der Waals surface area contributed by atoms with Crippen LogP contribution in [0.15, 0.2) is 40.9 Å². The summed E-state index contributed by atoms with van der Waals surface area (Å²) < 4.78 is 6.59. The highest BCUT2D eigenvalue weighted by atomic mass is 79.9. The van der Waals surface area contributed by atoms with Gasteiger partial charge in [-0.15, -0.1) is 0 Å². The van der Waals surface area contributed by atoms with Gasteiger partial charge in [0.05, 0.1) is 4.92 Å². The standard InChI is InChI=1S/C15H15BrN2O3/c1-9-7-11(4-6-15(9)18(19)20)21-12-3-5-13(10(2)17)14(16)8-12/h3-8,10H,17H2,1-2H3. The van der Waals surface area contributed by atoms with E-state index in [0.29, 0.717) is 17.1 Å². The van der Waals surface area contributed by atoms with Crippen molar-refractivity contribution in [2.75, 3.05) is 0 Å². The van der Waals surface area contributed by atoms with Crippen molar-refractivity contribution >= 4 is 21.6 Å². The van der Waals surface area contributed by atoms with Crippen LogP contribution < -0.4 is 10.5 Å². The van der Waals surface area contributed by atoms with Gasteiger partial charge in [-0.25, -0.2) is 0 Å². The summed E-state index contributed by atoms with van der Waals surface area (Å²) in [6.45, 7) is 3.58. The van der Waals surface area contributed by atoms with E-state index in [4.69, 9.17) is 10.5 Å². The number of nitro groups is 1. The van der Waals surface area contributed by atoms with Crippen LogP contribution in [0.2, 0.25) is 0 Å². The maximum atomic E-state index is 10.8. The van der Waals surface area contributed by atoms with Crippen LogP contribution in [-0.2, 0) is 0 Å². The topological polar surface area (TPSA) is 78.4 Å². The fourth-order valence-electron chi connectivity index (χ4n) is 1.97. The van der Waals surface area contributed by atoms with E-state index in [-0.39, 0.29) is 11.7 Å². The van der Waals surface area contributed by atoms with Crippen molar-refractivity contribution in [2.24, 2.45) is 5.73 Å². The molecule has 5 nitrogen and oxygen atoms in total. The summed E-state index contributed by atoms with van der Waals surface area (Å²) in [5.74, 6) is 1.19. The first-order valence-corrected chi connectivity index (χ1v) is 7.15. The number of hydrogen-bond donors (Lipinski definition) is 1. The molecule has 2 aromatic carbocycles. The number of rotatable bonds is 4. The molecule has 6 heteroatoms. The van der Waals surface area contributed by atoms with Crippen LogP contribution in [0.25, 0.3) is 0 Å². The molecule has 2 rings (SSSR count). The minimum Gasteiger partial charge on any atom is -0.457 e. The zero-order chi connectivity index (χ0) is 15.6. The van der Waals surface area contributed by atoms with Crippen molar-refractivity contribution in [1.82, 2.24) is 0 Å². The number of aryl methyl sites for hydroxylation is 1. The third-order valence-corrected chi connectivity index (χ3v) is 3.75. The quantitative estimate of drug-likeness (QED) is 0.651. The molecule has 1 unspecified atom stereocenters. The van der Waals surface area contributed by atoms with Crippen molar-refractivity contribution < 1.29 is 9.66 Å². The van der Waals surface area contributed by atoms with Gasteiger partial charge in [-0.05, 0) is 43.7 Å². The molecule has 0 radical (unpaired) electrons. The van der Waals surface area contributed by atoms with Crippen molar-refractivity contribution in [3.63, 3.8) is 0 Å². The maximum absolute atomic E-state index is 10.8. The molecule has 0 aliphatic rings. The number of benzene rings is 2. The van der Waals surface area contributed by atoms with Gasteiger partial charge in [-0.1, -0.05) is 22.0 Å². The molecule has 0 amide bonds. The molecule has 0 aromatic heterocycles. The van der Waals surface area contributed by atoms with Crippen LogP contribution in [0.5, 0.6) is 11.5 Å². The van der Waals surface area contributed by atoms with Gasteiger partial charge in [0.2, 0.25) is 0 Å². The molecular weight excluding hydrogens is 336 g/mol. The molecule has 0 fully saturated rings. The first-order valence-electron chi connectivity index (χ1n) is 6.36. The van der Waals surface area contributed by atoms with Crippen molar-refractivity contribution in [2.45, 2.75) is 19.9 Å². The van der Waals surface area contributed by atoms with E-state index in [0.717, 1.165) is 10.0 Å². The molecule has 0 bridgehead atoms. The molecule has 2 aromatic rings. The van der Waals surface area contributed by atoms with Crippen LogP contribution in [0.1, 0.15) is 24.1 Å². The molecule has 0 saturated carbocycles.